The van der Waals surface area contributed by atoms with Crippen molar-refractivity contribution in [2.75, 3.05) is 0 Å². The van der Waals surface area contributed by atoms with Gasteiger partial charge >= 0.3 is 0 Å². The second kappa shape index (κ2) is 5.95. The van der Waals surface area contributed by atoms with Gasteiger partial charge in [-0.3, -0.25) is 20.0 Å². The summed E-state index contributed by atoms with van der Waals surface area (Å²) in [5, 5.41) is 2.61. The fourth-order valence-corrected chi connectivity index (χ4v) is 1.35. The number of carbonyl (C=O) groups is 2. The first-order valence-corrected chi connectivity index (χ1v) is 5.27. The average molecular weight is 236 g/mol. The van der Waals surface area contributed by atoms with Gasteiger partial charge in [-0.1, -0.05) is 13.8 Å². The molecule has 1 aromatic rings. The van der Waals surface area contributed by atoms with E-state index in [4.69, 9.17) is 5.84 Å². The highest BCUT2D eigenvalue weighted by atomic mass is 16.2. The minimum atomic E-state index is -0.660. The van der Waals surface area contributed by atoms with Gasteiger partial charge in [0.1, 0.15) is 6.04 Å². The first kappa shape index (κ1) is 13.1. The molecule has 0 spiro atoms. The van der Waals surface area contributed by atoms with Gasteiger partial charge in [0.2, 0.25) is 0 Å². The van der Waals surface area contributed by atoms with Crippen molar-refractivity contribution in [1.29, 1.82) is 0 Å². The lowest BCUT2D eigenvalue weighted by Crippen LogP contribution is -2.51. The second-order valence-corrected chi connectivity index (χ2v) is 3.95. The first-order valence-electron chi connectivity index (χ1n) is 5.27. The largest absolute Gasteiger partial charge is 0.340 e. The molecule has 4 N–H and O–H groups in total. The highest BCUT2D eigenvalue weighted by molar-refractivity contribution is 5.97. The minimum absolute atomic E-state index is 0.0563. The Kier molecular flexibility index (Phi) is 4.59. The highest BCUT2D eigenvalue weighted by Crippen LogP contribution is 2.04. The van der Waals surface area contributed by atoms with Crippen molar-refractivity contribution >= 4 is 11.8 Å². The Labute approximate surface area is 99.6 Å². The molecule has 0 aliphatic carbocycles. The summed E-state index contributed by atoms with van der Waals surface area (Å²) in [6, 6.07) is 2.62. The Hall–Kier alpha value is -1.95. The van der Waals surface area contributed by atoms with Crippen molar-refractivity contribution in [2.24, 2.45) is 11.8 Å². The van der Waals surface area contributed by atoms with Crippen molar-refractivity contribution in [1.82, 2.24) is 15.7 Å². The van der Waals surface area contributed by atoms with Gasteiger partial charge in [0.05, 0.1) is 5.56 Å². The maximum Gasteiger partial charge on any atom is 0.256 e. The standard InChI is InChI=1S/C11H16N4O2/c1-7(2)9(11(17)15-12)14-10(16)8-4-3-5-13-6-8/h3-7,9H,12H2,1-2H3,(H,14,16)(H,15,17). The molecule has 17 heavy (non-hydrogen) atoms. The number of nitrogens with one attached hydrogen (secondary N) is 2. The maximum absolute atomic E-state index is 11.8. The van der Waals surface area contributed by atoms with E-state index in [9.17, 15) is 9.59 Å². The van der Waals surface area contributed by atoms with Crippen LogP contribution in [0.1, 0.15) is 24.2 Å². The quantitative estimate of drug-likeness (QED) is 0.384. The van der Waals surface area contributed by atoms with Gasteiger partial charge in [0.15, 0.2) is 0 Å². The van der Waals surface area contributed by atoms with Gasteiger partial charge in [-0.05, 0) is 18.1 Å². The van der Waals surface area contributed by atoms with Crippen LogP contribution in [-0.4, -0.2) is 22.8 Å². The third-order valence-corrected chi connectivity index (χ3v) is 2.30. The van der Waals surface area contributed by atoms with Crippen LogP contribution in [-0.2, 0) is 4.79 Å². The molecular weight excluding hydrogens is 220 g/mol. The summed E-state index contributed by atoms with van der Waals surface area (Å²) >= 11 is 0. The van der Waals surface area contributed by atoms with E-state index >= 15 is 0 Å². The Morgan fingerprint density at radius 3 is 2.59 bits per heavy atom. The maximum atomic E-state index is 11.8. The number of hydrogen-bond donors (Lipinski definition) is 3. The predicted octanol–water partition coefficient (Wildman–Crippen LogP) is -0.174. The summed E-state index contributed by atoms with van der Waals surface area (Å²) in [7, 11) is 0. The van der Waals surface area contributed by atoms with Crippen molar-refractivity contribution in [3.8, 4) is 0 Å². The number of rotatable bonds is 4. The first-order chi connectivity index (χ1) is 8.06. The molecule has 1 atom stereocenters. The minimum Gasteiger partial charge on any atom is -0.340 e. The number of aromatic nitrogens is 1. The number of nitrogens with zero attached hydrogens (tertiary/aromatic N) is 1. The smallest absolute Gasteiger partial charge is 0.256 e. The topological polar surface area (TPSA) is 97.1 Å². The van der Waals surface area contributed by atoms with Gasteiger partial charge in [-0.2, -0.15) is 0 Å². The van der Waals surface area contributed by atoms with E-state index in [0.29, 0.717) is 5.56 Å². The summed E-state index contributed by atoms with van der Waals surface area (Å²) in [5.74, 6) is 4.24. The Bertz CT molecular complexity index is 392. The van der Waals surface area contributed by atoms with E-state index in [0.717, 1.165) is 0 Å². The van der Waals surface area contributed by atoms with E-state index in [1.807, 2.05) is 19.3 Å². The molecule has 0 fully saturated rings. The van der Waals surface area contributed by atoms with Crippen molar-refractivity contribution in [3.05, 3.63) is 30.1 Å². The SMILES string of the molecule is CC(C)C(NC(=O)c1cccnc1)C(=O)NN. The van der Waals surface area contributed by atoms with E-state index in [1.165, 1.54) is 6.20 Å². The Balaban J connectivity index is 2.75. The molecule has 0 aliphatic rings. The number of hydrazine groups is 1. The predicted molar refractivity (Wildman–Crippen MR) is 62.7 cm³/mol. The van der Waals surface area contributed by atoms with Crippen LogP contribution >= 0.6 is 0 Å². The van der Waals surface area contributed by atoms with Crippen LogP contribution in [0.5, 0.6) is 0 Å². The molecule has 1 rings (SSSR count). The fourth-order valence-electron chi connectivity index (χ4n) is 1.35. The van der Waals surface area contributed by atoms with E-state index in [1.54, 1.807) is 18.3 Å². The molecule has 0 aliphatic heterocycles. The lowest BCUT2D eigenvalue weighted by atomic mass is 10.0. The second-order valence-electron chi connectivity index (χ2n) is 3.95. The third-order valence-electron chi connectivity index (χ3n) is 2.30. The van der Waals surface area contributed by atoms with Crippen molar-refractivity contribution in [3.63, 3.8) is 0 Å². The van der Waals surface area contributed by atoms with E-state index in [-0.39, 0.29) is 11.8 Å². The number of nitrogens with two attached hydrogens (primary N) is 1. The van der Waals surface area contributed by atoms with Crippen LogP contribution in [0.4, 0.5) is 0 Å². The summed E-state index contributed by atoms with van der Waals surface area (Å²) in [6.07, 6.45) is 3.01. The number of amides is 2. The summed E-state index contributed by atoms with van der Waals surface area (Å²) in [5.41, 5.74) is 2.44. The molecule has 1 unspecified atom stereocenters. The normalized spacial score (nSPS) is 12.0. The molecule has 0 radical (unpaired) electrons. The molecule has 0 saturated carbocycles. The molecule has 1 heterocycles. The van der Waals surface area contributed by atoms with Crippen LogP contribution < -0.4 is 16.6 Å². The fraction of sp³-hybridized carbons (Fsp3) is 0.364. The van der Waals surface area contributed by atoms with Crippen molar-refractivity contribution < 1.29 is 9.59 Å². The molecule has 6 nitrogen and oxygen atoms in total. The summed E-state index contributed by atoms with van der Waals surface area (Å²) in [4.78, 5) is 27.1. The molecule has 1 aromatic heterocycles. The molecule has 0 aromatic carbocycles. The van der Waals surface area contributed by atoms with Crippen LogP contribution in [0.2, 0.25) is 0 Å². The summed E-state index contributed by atoms with van der Waals surface area (Å²) < 4.78 is 0. The number of hydrogen-bond acceptors (Lipinski definition) is 4. The summed E-state index contributed by atoms with van der Waals surface area (Å²) in [6.45, 7) is 3.65. The zero-order valence-corrected chi connectivity index (χ0v) is 9.81. The average Bonchev–Trinajstić information content (AvgIpc) is 2.35. The van der Waals surface area contributed by atoms with Gasteiger partial charge in [-0.25, -0.2) is 5.84 Å². The Morgan fingerprint density at radius 2 is 2.12 bits per heavy atom. The van der Waals surface area contributed by atoms with Gasteiger partial charge in [0, 0.05) is 12.4 Å². The molecule has 6 heteroatoms. The monoisotopic (exact) mass is 236 g/mol. The lowest BCUT2D eigenvalue weighted by Gasteiger charge is -2.20. The molecule has 0 bridgehead atoms. The van der Waals surface area contributed by atoms with Crippen LogP contribution in [0.15, 0.2) is 24.5 Å². The lowest BCUT2D eigenvalue weighted by molar-refractivity contribution is -0.124. The molecule has 0 saturated heterocycles. The zero-order chi connectivity index (χ0) is 12.8. The van der Waals surface area contributed by atoms with Crippen molar-refractivity contribution in [2.45, 2.75) is 19.9 Å². The Morgan fingerprint density at radius 1 is 1.41 bits per heavy atom. The van der Waals surface area contributed by atoms with Crippen LogP contribution in [0.3, 0.4) is 0 Å². The van der Waals surface area contributed by atoms with Crippen LogP contribution in [0, 0.1) is 5.92 Å². The number of pyridine rings is 1. The van der Waals surface area contributed by atoms with Crippen LogP contribution in [0.25, 0.3) is 0 Å². The molecular formula is C11H16N4O2. The van der Waals surface area contributed by atoms with E-state index < -0.39 is 11.9 Å². The van der Waals surface area contributed by atoms with Gasteiger partial charge in [0.25, 0.3) is 11.8 Å². The van der Waals surface area contributed by atoms with Gasteiger partial charge in [-0.15, -0.1) is 0 Å². The molecule has 2 amide bonds. The molecule has 92 valence electrons. The van der Waals surface area contributed by atoms with Gasteiger partial charge < -0.3 is 5.32 Å². The third kappa shape index (κ3) is 3.53. The highest BCUT2D eigenvalue weighted by Gasteiger charge is 2.23. The zero-order valence-electron chi connectivity index (χ0n) is 9.81. The number of carbonyl (C=O) groups excluding carboxylic acids is 2. The van der Waals surface area contributed by atoms with E-state index in [2.05, 4.69) is 10.3 Å².